The number of rotatable bonds is 6. The van der Waals surface area contributed by atoms with Crippen molar-refractivity contribution in [3.05, 3.63) is 52.5 Å². The third-order valence-corrected chi connectivity index (χ3v) is 6.72. The number of thioether (sulfide) groups is 1. The number of anilines is 1. The van der Waals surface area contributed by atoms with Gasteiger partial charge in [-0.05, 0) is 49.8 Å². The number of benzene rings is 1. The molecule has 0 amide bonds. The van der Waals surface area contributed by atoms with Crippen molar-refractivity contribution < 1.29 is 4.52 Å². The van der Waals surface area contributed by atoms with Crippen LogP contribution in [0.1, 0.15) is 30.7 Å². The maximum absolute atomic E-state index is 5.45. The molecule has 154 valence electrons. The summed E-state index contributed by atoms with van der Waals surface area (Å²) in [7, 11) is 0. The SMILES string of the molecule is Cc1ccc(-n2c(SCc3nc(-c4ccsc4)no3)nnc2N2CCCCC2)cc1. The maximum atomic E-state index is 5.45. The molecule has 5 rings (SSSR count). The van der Waals surface area contributed by atoms with E-state index in [4.69, 9.17) is 4.52 Å². The van der Waals surface area contributed by atoms with Crippen molar-refractivity contribution in [2.45, 2.75) is 37.1 Å². The average molecular weight is 439 g/mol. The van der Waals surface area contributed by atoms with Gasteiger partial charge in [-0.3, -0.25) is 4.57 Å². The summed E-state index contributed by atoms with van der Waals surface area (Å²) in [5, 5.41) is 18.0. The van der Waals surface area contributed by atoms with Gasteiger partial charge >= 0.3 is 0 Å². The molecule has 9 heteroatoms. The highest BCUT2D eigenvalue weighted by Crippen LogP contribution is 2.30. The Labute approximate surface area is 183 Å². The summed E-state index contributed by atoms with van der Waals surface area (Å²) >= 11 is 3.18. The van der Waals surface area contributed by atoms with Gasteiger partial charge in [0.1, 0.15) is 0 Å². The van der Waals surface area contributed by atoms with E-state index >= 15 is 0 Å². The Kier molecular flexibility index (Phi) is 5.54. The van der Waals surface area contributed by atoms with Crippen molar-refractivity contribution in [1.82, 2.24) is 24.9 Å². The molecule has 1 aliphatic heterocycles. The molecule has 0 atom stereocenters. The van der Waals surface area contributed by atoms with E-state index in [-0.39, 0.29) is 0 Å². The standard InChI is InChI=1S/C21H22N6OS2/c1-15-5-7-17(8-6-15)27-20(26-10-3-2-4-11-26)23-24-21(27)30-14-18-22-19(25-28-18)16-9-12-29-13-16/h5-9,12-13H,2-4,10-11,14H2,1H3. The minimum absolute atomic E-state index is 0.543. The molecule has 0 radical (unpaired) electrons. The van der Waals surface area contributed by atoms with Crippen molar-refractivity contribution in [1.29, 1.82) is 0 Å². The number of aromatic nitrogens is 5. The lowest BCUT2D eigenvalue weighted by atomic mass is 10.1. The van der Waals surface area contributed by atoms with Crippen molar-refractivity contribution in [2.75, 3.05) is 18.0 Å². The Balaban J connectivity index is 1.41. The molecule has 4 aromatic rings. The van der Waals surface area contributed by atoms with Crippen molar-refractivity contribution >= 4 is 29.0 Å². The molecule has 0 saturated carbocycles. The molecule has 0 unspecified atom stereocenters. The lowest BCUT2D eigenvalue weighted by Gasteiger charge is -2.27. The van der Waals surface area contributed by atoms with Crippen molar-refractivity contribution in [3.8, 4) is 17.1 Å². The number of piperidine rings is 1. The Morgan fingerprint density at radius 3 is 2.67 bits per heavy atom. The van der Waals surface area contributed by atoms with E-state index in [9.17, 15) is 0 Å². The molecule has 7 nitrogen and oxygen atoms in total. The van der Waals surface area contributed by atoms with Gasteiger partial charge in [0.05, 0.1) is 11.4 Å². The van der Waals surface area contributed by atoms with Crippen LogP contribution in [0.25, 0.3) is 17.1 Å². The third kappa shape index (κ3) is 3.99. The van der Waals surface area contributed by atoms with Gasteiger partial charge in [0, 0.05) is 24.0 Å². The van der Waals surface area contributed by atoms with Gasteiger partial charge in [0.2, 0.25) is 17.7 Å². The molecular weight excluding hydrogens is 416 g/mol. The molecule has 3 aromatic heterocycles. The summed E-state index contributed by atoms with van der Waals surface area (Å²) < 4.78 is 7.59. The summed E-state index contributed by atoms with van der Waals surface area (Å²) in [6.45, 7) is 4.13. The monoisotopic (exact) mass is 438 g/mol. The summed E-state index contributed by atoms with van der Waals surface area (Å²) in [5.41, 5.74) is 3.28. The fraction of sp³-hybridized carbons (Fsp3) is 0.333. The van der Waals surface area contributed by atoms with Gasteiger partial charge in [0.25, 0.3) is 0 Å². The van der Waals surface area contributed by atoms with Crippen molar-refractivity contribution in [2.24, 2.45) is 0 Å². The van der Waals surface area contributed by atoms with E-state index in [2.05, 4.69) is 61.0 Å². The van der Waals surface area contributed by atoms with Crippen LogP contribution in [0, 0.1) is 6.92 Å². The van der Waals surface area contributed by atoms with E-state index < -0.39 is 0 Å². The molecule has 0 spiro atoms. The molecule has 1 saturated heterocycles. The third-order valence-electron chi connectivity index (χ3n) is 5.12. The van der Waals surface area contributed by atoms with Crippen LogP contribution >= 0.6 is 23.1 Å². The Morgan fingerprint density at radius 1 is 1.07 bits per heavy atom. The maximum Gasteiger partial charge on any atom is 0.237 e. The largest absolute Gasteiger partial charge is 0.341 e. The zero-order valence-corrected chi connectivity index (χ0v) is 18.3. The quantitative estimate of drug-likeness (QED) is 0.394. The van der Waals surface area contributed by atoms with E-state index in [1.165, 1.54) is 24.8 Å². The number of hydrogen-bond donors (Lipinski definition) is 0. The smallest absolute Gasteiger partial charge is 0.237 e. The summed E-state index contributed by atoms with van der Waals surface area (Å²) in [6.07, 6.45) is 3.66. The first-order chi connectivity index (χ1) is 14.8. The zero-order valence-electron chi connectivity index (χ0n) is 16.7. The van der Waals surface area contributed by atoms with Gasteiger partial charge < -0.3 is 9.42 Å². The van der Waals surface area contributed by atoms with Crippen LogP contribution in [0.4, 0.5) is 5.95 Å². The van der Waals surface area contributed by atoms with Crippen LogP contribution in [0.5, 0.6) is 0 Å². The van der Waals surface area contributed by atoms with Crippen molar-refractivity contribution in [3.63, 3.8) is 0 Å². The van der Waals surface area contributed by atoms with Crippen LogP contribution in [-0.2, 0) is 5.75 Å². The second-order valence-corrected chi connectivity index (χ2v) is 9.04. The lowest BCUT2D eigenvalue weighted by Crippen LogP contribution is -2.31. The number of aryl methyl sites for hydroxylation is 1. The van der Waals surface area contributed by atoms with E-state index in [0.29, 0.717) is 17.5 Å². The Bertz CT molecular complexity index is 1100. The Hall–Kier alpha value is -2.65. The van der Waals surface area contributed by atoms with Crippen LogP contribution < -0.4 is 4.90 Å². The average Bonchev–Trinajstić information content (AvgIpc) is 3.53. The molecule has 0 N–H and O–H groups in total. The zero-order chi connectivity index (χ0) is 20.3. The van der Waals surface area contributed by atoms with Gasteiger partial charge in [-0.1, -0.05) is 34.6 Å². The highest BCUT2D eigenvalue weighted by Gasteiger charge is 2.22. The normalized spacial score (nSPS) is 14.4. The first kappa shape index (κ1) is 19.3. The van der Waals surface area contributed by atoms with Gasteiger partial charge in [0.15, 0.2) is 5.16 Å². The van der Waals surface area contributed by atoms with Crippen LogP contribution in [-0.4, -0.2) is 38.0 Å². The highest BCUT2D eigenvalue weighted by atomic mass is 32.2. The predicted molar refractivity (Wildman–Crippen MR) is 119 cm³/mol. The number of hydrogen-bond acceptors (Lipinski definition) is 8. The molecule has 0 bridgehead atoms. The lowest BCUT2D eigenvalue weighted by molar-refractivity contribution is 0.391. The number of nitrogens with zero attached hydrogens (tertiary/aromatic N) is 6. The predicted octanol–water partition coefficient (Wildman–Crippen LogP) is 4.97. The Morgan fingerprint density at radius 2 is 1.90 bits per heavy atom. The molecular formula is C21H22N6OS2. The molecule has 1 fully saturated rings. The van der Waals surface area contributed by atoms with Gasteiger partial charge in [-0.25, -0.2) is 0 Å². The minimum atomic E-state index is 0.543. The van der Waals surface area contributed by atoms with E-state index in [0.717, 1.165) is 35.4 Å². The second-order valence-electron chi connectivity index (χ2n) is 7.31. The molecule has 1 aliphatic rings. The summed E-state index contributed by atoms with van der Waals surface area (Å²) in [4.78, 5) is 6.85. The first-order valence-corrected chi connectivity index (χ1v) is 12.0. The van der Waals surface area contributed by atoms with Crippen LogP contribution in [0.15, 0.2) is 50.8 Å². The minimum Gasteiger partial charge on any atom is -0.341 e. The molecule has 0 aliphatic carbocycles. The summed E-state index contributed by atoms with van der Waals surface area (Å²) in [5.74, 6) is 2.66. The highest BCUT2D eigenvalue weighted by molar-refractivity contribution is 7.98. The second kappa shape index (κ2) is 8.61. The van der Waals surface area contributed by atoms with Crippen LogP contribution in [0.2, 0.25) is 0 Å². The van der Waals surface area contributed by atoms with Gasteiger partial charge in [-0.2, -0.15) is 16.3 Å². The molecule has 4 heterocycles. The van der Waals surface area contributed by atoms with Gasteiger partial charge in [-0.15, -0.1) is 10.2 Å². The first-order valence-electron chi connectivity index (χ1n) is 10.0. The fourth-order valence-electron chi connectivity index (χ4n) is 3.52. The fourth-order valence-corrected chi connectivity index (χ4v) is 4.94. The van der Waals surface area contributed by atoms with E-state index in [1.54, 1.807) is 23.1 Å². The molecule has 1 aromatic carbocycles. The number of thiophene rings is 1. The summed E-state index contributed by atoms with van der Waals surface area (Å²) in [6, 6.07) is 10.5. The topological polar surface area (TPSA) is 72.9 Å². The molecule has 30 heavy (non-hydrogen) atoms. The van der Waals surface area contributed by atoms with E-state index in [1.807, 2.05) is 16.8 Å². The van der Waals surface area contributed by atoms with Crippen LogP contribution in [0.3, 0.4) is 0 Å².